The van der Waals surface area contributed by atoms with Crippen LogP contribution in [0.3, 0.4) is 0 Å². The molecule has 3 aliphatic rings. The van der Waals surface area contributed by atoms with E-state index in [9.17, 15) is 4.79 Å². The molecule has 0 aromatic heterocycles. The summed E-state index contributed by atoms with van der Waals surface area (Å²) >= 11 is 1.42. The zero-order chi connectivity index (χ0) is 18.1. The molecule has 1 aliphatic carbocycles. The van der Waals surface area contributed by atoms with Crippen molar-refractivity contribution in [2.75, 3.05) is 6.61 Å². The number of fused-ring (bicyclic) bond motifs is 1. The van der Waals surface area contributed by atoms with Crippen LogP contribution in [0.1, 0.15) is 50.7 Å². The van der Waals surface area contributed by atoms with E-state index in [4.69, 9.17) is 14.5 Å². The highest BCUT2D eigenvalue weighted by Gasteiger charge is 2.27. The zero-order valence-electron chi connectivity index (χ0n) is 15.2. The number of amides is 1. The Hall–Kier alpha value is -1.95. The quantitative estimate of drug-likeness (QED) is 0.814. The Labute approximate surface area is 158 Å². The Balaban J connectivity index is 1.61. The predicted molar refractivity (Wildman–Crippen MR) is 105 cm³/mol. The summed E-state index contributed by atoms with van der Waals surface area (Å²) in [6.07, 6.45) is 7.65. The molecule has 6 heteroatoms. The maximum atomic E-state index is 12.4. The van der Waals surface area contributed by atoms with Crippen LogP contribution in [0.15, 0.2) is 22.0 Å². The van der Waals surface area contributed by atoms with E-state index in [0.717, 1.165) is 47.1 Å². The summed E-state index contributed by atoms with van der Waals surface area (Å²) in [6, 6.07) is 4.38. The monoisotopic (exact) mass is 372 g/mol. The van der Waals surface area contributed by atoms with E-state index in [-0.39, 0.29) is 12.0 Å². The SMILES string of the molecule is CCOc1cc2c(cc1/C=C1/SC(=NC3CCCC3)NC1=O)OC(C)C2. The van der Waals surface area contributed by atoms with E-state index < -0.39 is 0 Å². The molecule has 5 nitrogen and oxygen atoms in total. The average molecular weight is 372 g/mol. The minimum absolute atomic E-state index is 0.0935. The van der Waals surface area contributed by atoms with Gasteiger partial charge in [-0.2, -0.15) is 0 Å². The first-order chi connectivity index (χ1) is 12.6. The molecule has 1 saturated heterocycles. The van der Waals surface area contributed by atoms with Crippen molar-refractivity contribution in [3.8, 4) is 11.5 Å². The van der Waals surface area contributed by atoms with Crippen LogP contribution in [0.5, 0.6) is 11.5 Å². The molecule has 2 aliphatic heterocycles. The lowest BCUT2D eigenvalue weighted by atomic mass is 10.1. The van der Waals surface area contributed by atoms with Crippen molar-refractivity contribution in [2.45, 2.75) is 58.1 Å². The van der Waals surface area contributed by atoms with Crippen LogP contribution < -0.4 is 14.8 Å². The van der Waals surface area contributed by atoms with Gasteiger partial charge in [0.1, 0.15) is 17.6 Å². The number of hydrogen-bond donors (Lipinski definition) is 1. The molecule has 26 heavy (non-hydrogen) atoms. The molecule has 1 amide bonds. The maximum absolute atomic E-state index is 12.4. The van der Waals surface area contributed by atoms with Gasteiger partial charge in [-0.15, -0.1) is 0 Å². The number of aliphatic imine (C=N–C) groups is 1. The van der Waals surface area contributed by atoms with Crippen molar-refractivity contribution in [1.29, 1.82) is 0 Å². The number of hydrogen-bond acceptors (Lipinski definition) is 5. The van der Waals surface area contributed by atoms with Crippen molar-refractivity contribution in [1.82, 2.24) is 5.32 Å². The smallest absolute Gasteiger partial charge is 0.264 e. The number of benzene rings is 1. The van der Waals surface area contributed by atoms with Crippen molar-refractivity contribution in [3.05, 3.63) is 28.2 Å². The second-order valence-electron chi connectivity index (χ2n) is 7.00. The van der Waals surface area contributed by atoms with Crippen molar-refractivity contribution < 1.29 is 14.3 Å². The Bertz CT molecular complexity index is 782. The van der Waals surface area contributed by atoms with Crippen LogP contribution in [0.2, 0.25) is 0 Å². The molecule has 138 valence electrons. The number of ether oxygens (including phenoxy) is 2. The average Bonchev–Trinajstić information content (AvgIpc) is 3.30. The van der Waals surface area contributed by atoms with Gasteiger partial charge in [-0.3, -0.25) is 9.79 Å². The van der Waals surface area contributed by atoms with E-state index in [2.05, 4.69) is 12.2 Å². The minimum atomic E-state index is -0.0935. The summed E-state index contributed by atoms with van der Waals surface area (Å²) in [5, 5.41) is 3.62. The topological polar surface area (TPSA) is 59.9 Å². The first-order valence-electron chi connectivity index (χ1n) is 9.37. The number of carbonyl (C=O) groups excluding carboxylic acids is 1. The number of nitrogens with one attached hydrogen (secondary N) is 1. The summed E-state index contributed by atoms with van der Waals surface area (Å²) in [6.45, 7) is 4.61. The predicted octanol–water partition coefficient (Wildman–Crippen LogP) is 3.91. The normalized spacial score (nSPS) is 25.6. The molecule has 0 spiro atoms. The first kappa shape index (κ1) is 17.5. The zero-order valence-corrected chi connectivity index (χ0v) is 16.0. The van der Waals surface area contributed by atoms with Gasteiger partial charge < -0.3 is 14.8 Å². The van der Waals surface area contributed by atoms with Crippen LogP contribution in [-0.4, -0.2) is 29.8 Å². The molecule has 4 rings (SSSR count). The minimum Gasteiger partial charge on any atom is -0.493 e. The summed E-state index contributed by atoms with van der Waals surface area (Å²) < 4.78 is 11.7. The molecule has 1 N–H and O–H groups in total. The summed E-state index contributed by atoms with van der Waals surface area (Å²) in [5.74, 6) is 1.59. The van der Waals surface area contributed by atoms with Crippen molar-refractivity contribution in [3.63, 3.8) is 0 Å². The Morgan fingerprint density at radius 3 is 2.96 bits per heavy atom. The van der Waals surface area contributed by atoms with Gasteiger partial charge >= 0.3 is 0 Å². The summed E-state index contributed by atoms with van der Waals surface area (Å²) in [4.78, 5) is 17.7. The molecule has 2 heterocycles. The third-order valence-electron chi connectivity index (χ3n) is 4.89. The largest absolute Gasteiger partial charge is 0.493 e. The highest BCUT2D eigenvalue weighted by atomic mass is 32.2. The molecule has 1 atom stereocenters. The molecule has 1 aromatic carbocycles. The number of carbonyl (C=O) groups is 1. The molecule has 2 fully saturated rings. The molecular formula is C20H24N2O3S. The Kier molecular flexibility index (Phi) is 4.94. The van der Waals surface area contributed by atoms with Gasteiger partial charge in [-0.1, -0.05) is 12.8 Å². The van der Waals surface area contributed by atoms with Gasteiger partial charge in [-0.05, 0) is 56.7 Å². The second-order valence-corrected chi connectivity index (χ2v) is 8.03. The van der Waals surface area contributed by atoms with Crippen LogP contribution in [0.25, 0.3) is 6.08 Å². The third kappa shape index (κ3) is 3.61. The lowest BCUT2D eigenvalue weighted by Gasteiger charge is -2.10. The fraction of sp³-hybridized carbons (Fsp3) is 0.500. The third-order valence-corrected chi connectivity index (χ3v) is 5.81. The highest BCUT2D eigenvalue weighted by molar-refractivity contribution is 8.18. The van der Waals surface area contributed by atoms with Crippen LogP contribution in [0.4, 0.5) is 0 Å². The van der Waals surface area contributed by atoms with Crippen LogP contribution in [-0.2, 0) is 11.2 Å². The fourth-order valence-electron chi connectivity index (χ4n) is 3.68. The van der Waals surface area contributed by atoms with Gasteiger partial charge in [0.15, 0.2) is 5.17 Å². The lowest BCUT2D eigenvalue weighted by molar-refractivity contribution is -0.115. The van der Waals surface area contributed by atoms with E-state index in [1.165, 1.54) is 24.6 Å². The van der Waals surface area contributed by atoms with Gasteiger partial charge in [0.25, 0.3) is 5.91 Å². The van der Waals surface area contributed by atoms with Gasteiger partial charge in [0.2, 0.25) is 0 Å². The molecule has 1 saturated carbocycles. The number of thioether (sulfide) groups is 1. The first-order valence-corrected chi connectivity index (χ1v) is 10.2. The molecule has 0 radical (unpaired) electrons. The van der Waals surface area contributed by atoms with Crippen LogP contribution in [0, 0.1) is 0 Å². The Morgan fingerprint density at radius 1 is 1.38 bits per heavy atom. The van der Waals surface area contributed by atoms with Crippen molar-refractivity contribution >= 4 is 28.9 Å². The van der Waals surface area contributed by atoms with E-state index in [0.29, 0.717) is 17.6 Å². The lowest BCUT2D eigenvalue weighted by Crippen LogP contribution is -2.21. The van der Waals surface area contributed by atoms with Gasteiger partial charge in [-0.25, -0.2) is 0 Å². The number of amidine groups is 1. The van der Waals surface area contributed by atoms with E-state index in [1.807, 2.05) is 25.1 Å². The van der Waals surface area contributed by atoms with E-state index in [1.54, 1.807) is 0 Å². The Morgan fingerprint density at radius 2 is 2.19 bits per heavy atom. The molecule has 1 unspecified atom stereocenters. The molecule has 0 bridgehead atoms. The number of rotatable bonds is 4. The highest BCUT2D eigenvalue weighted by Crippen LogP contribution is 2.38. The van der Waals surface area contributed by atoms with Gasteiger partial charge in [0.05, 0.1) is 17.6 Å². The molecular weight excluding hydrogens is 348 g/mol. The molecule has 1 aromatic rings. The maximum Gasteiger partial charge on any atom is 0.264 e. The number of nitrogens with zero attached hydrogens (tertiary/aromatic N) is 1. The van der Waals surface area contributed by atoms with Crippen LogP contribution >= 0.6 is 11.8 Å². The summed E-state index contributed by atoms with van der Waals surface area (Å²) in [7, 11) is 0. The van der Waals surface area contributed by atoms with Gasteiger partial charge in [0, 0.05) is 17.5 Å². The fourth-order valence-corrected chi connectivity index (χ4v) is 4.56. The standard InChI is InChI=1S/C20H24N2O3S/c1-3-24-16-9-13-8-12(2)25-17(13)10-14(16)11-18-19(23)22-20(26-18)21-15-6-4-5-7-15/h9-12,15H,3-8H2,1-2H3,(H,21,22,23)/b18-11+. The van der Waals surface area contributed by atoms with Crippen molar-refractivity contribution in [2.24, 2.45) is 4.99 Å². The van der Waals surface area contributed by atoms with E-state index >= 15 is 0 Å². The second kappa shape index (κ2) is 7.35. The summed E-state index contributed by atoms with van der Waals surface area (Å²) in [5.41, 5.74) is 2.04.